The Labute approximate surface area is 231 Å². The molecule has 0 fully saturated rings. The summed E-state index contributed by atoms with van der Waals surface area (Å²) in [6.45, 7) is 3.54. The maximum atomic E-state index is 13.1. The van der Waals surface area contributed by atoms with Crippen molar-refractivity contribution in [3.8, 4) is 0 Å². The molecule has 39 heavy (non-hydrogen) atoms. The minimum atomic E-state index is -0.781. The summed E-state index contributed by atoms with van der Waals surface area (Å²) in [5.41, 5.74) is 1.04. The predicted octanol–water partition coefficient (Wildman–Crippen LogP) is 4.10. The Morgan fingerprint density at radius 1 is 1.03 bits per heavy atom. The summed E-state index contributed by atoms with van der Waals surface area (Å²) in [7, 11) is 1.22. The zero-order valence-electron chi connectivity index (χ0n) is 20.9. The number of nitrogens with one attached hydrogen (secondary N) is 2. The normalized spacial score (nSPS) is 13.0. The molecular formula is C26H21ClN4O7S. The lowest BCUT2D eigenvalue weighted by Gasteiger charge is -2.16. The van der Waals surface area contributed by atoms with Crippen molar-refractivity contribution in [3.05, 3.63) is 81.0 Å². The highest BCUT2D eigenvalue weighted by Crippen LogP contribution is 2.31. The van der Waals surface area contributed by atoms with Gasteiger partial charge in [-0.3, -0.25) is 19.7 Å². The molecule has 0 aliphatic carbocycles. The Kier molecular flexibility index (Phi) is 8.07. The van der Waals surface area contributed by atoms with E-state index < -0.39 is 29.7 Å². The number of halogens is 1. The standard InChI is InChI=1S/C26H21ClN4O7S/c1-4-38-25(36)20-13(2)28-26(39-20)30-21(32)14-7-5-9-16(11-14)29-19-18(27)22(33)31(23(19)34)17-10-6-8-15(12-17)24(35)37-3/h5-12,29H,4H2,1-3H3,(H,28,30,32). The second kappa shape index (κ2) is 11.5. The number of hydrogen-bond donors (Lipinski definition) is 2. The van der Waals surface area contributed by atoms with Crippen molar-refractivity contribution in [1.82, 2.24) is 4.98 Å². The molecule has 0 saturated carbocycles. The van der Waals surface area contributed by atoms with Crippen LogP contribution in [0.1, 0.15) is 43.0 Å². The molecule has 3 aromatic rings. The summed E-state index contributed by atoms with van der Waals surface area (Å²) in [6, 6.07) is 12.0. The van der Waals surface area contributed by atoms with Crippen LogP contribution in [-0.4, -0.2) is 48.4 Å². The van der Waals surface area contributed by atoms with E-state index in [1.165, 1.54) is 43.5 Å². The number of anilines is 3. The third kappa shape index (κ3) is 5.66. The van der Waals surface area contributed by atoms with Crippen molar-refractivity contribution in [2.24, 2.45) is 0 Å². The van der Waals surface area contributed by atoms with Crippen LogP contribution in [0.4, 0.5) is 16.5 Å². The predicted molar refractivity (Wildman–Crippen MR) is 144 cm³/mol. The number of carbonyl (C=O) groups is 5. The van der Waals surface area contributed by atoms with Gasteiger partial charge in [-0.1, -0.05) is 35.1 Å². The number of amides is 3. The maximum Gasteiger partial charge on any atom is 0.350 e. The number of imide groups is 1. The molecule has 2 N–H and O–H groups in total. The van der Waals surface area contributed by atoms with Crippen molar-refractivity contribution < 1.29 is 33.4 Å². The fourth-order valence-electron chi connectivity index (χ4n) is 3.62. The van der Waals surface area contributed by atoms with E-state index in [1.807, 2.05) is 0 Å². The Bertz CT molecular complexity index is 1550. The van der Waals surface area contributed by atoms with Crippen LogP contribution in [-0.2, 0) is 19.1 Å². The average Bonchev–Trinajstić information content (AvgIpc) is 3.39. The van der Waals surface area contributed by atoms with Gasteiger partial charge in [-0.25, -0.2) is 19.5 Å². The molecule has 0 saturated heterocycles. The molecule has 1 aliphatic rings. The SMILES string of the molecule is CCOC(=O)c1sc(NC(=O)c2cccc(NC3=C(Cl)C(=O)N(c4cccc(C(=O)OC)c4)C3=O)c2)nc1C. The molecule has 0 unspecified atom stereocenters. The van der Waals surface area contributed by atoms with Crippen LogP contribution in [0, 0.1) is 6.92 Å². The van der Waals surface area contributed by atoms with E-state index in [9.17, 15) is 24.0 Å². The number of carbonyl (C=O) groups excluding carboxylic acids is 5. The molecule has 2 heterocycles. The lowest BCUT2D eigenvalue weighted by Crippen LogP contribution is -2.32. The van der Waals surface area contributed by atoms with Gasteiger partial charge in [-0.05, 0) is 50.2 Å². The quantitative estimate of drug-likeness (QED) is 0.303. The smallest absolute Gasteiger partial charge is 0.350 e. The first-order chi connectivity index (χ1) is 18.6. The van der Waals surface area contributed by atoms with Crippen LogP contribution >= 0.6 is 22.9 Å². The van der Waals surface area contributed by atoms with E-state index in [0.29, 0.717) is 11.4 Å². The second-order valence-corrected chi connectivity index (χ2v) is 9.37. The van der Waals surface area contributed by atoms with Gasteiger partial charge in [0.2, 0.25) is 0 Å². The highest BCUT2D eigenvalue weighted by Gasteiger charge is 2.39. The molecule has 4 rings (SSSR count). The number of nitrogens with zero attached hydrogens (tertiary/aromatic N) is 2. The average molecular weight is 569 g/mol. The lowest BCUT2D eigenvalue weighted by molar-refractivity contribution is -0.120. The van der Waals surface area contributed by atoms with Crippen molar-refractivity contribution in [2.75, 3.05) is 29.3 Å². The molecule has 0 radical (unpaired) electrons. The first-order valence-electron chi connectivity index (χ1n) is 11.4. The van der Waals surface area contributed by atoms with Crippen molar-refractivity contribution in [2.45, 2.75) is 13.8 Å². The maximum absolute atomic E-state index is 13.1. The van der Waals surface area contributed by atoms with E-state index in [0.717, 1.165) is 16.2 Å². The molecule has 11 nitrogen and oxygen atoms in total. The largest absolute Gasteiger partial charge is 0.465 e. The molecular weight excluding hydrogens is 548 g/mol. The number of aryl methyl sites for hydroxylation is 1. The fourth-order valence-corrected chi connectivity index (χ4v) is 4.69. The number of esters is 2. The molecule has 0 atom stereocenters. The number of thiazole rings is 1. The Balaban J connectivity index is 1.51. The summed E-state index contributed by atoms with van der Waals surface area (Å²) < 4.78 is 9.68. The monoisotopic (exact) mass is 568 g/mol. The number of aromatic nitrogens is 1. The topological polar surface area (TPSA) is 144 Å². The number of methoxy groups -OCH3 is 1. The van der Waals surface area contributed by atoms with Crippen LogP contribution in [0.25, 0.3) is 0 Å². The van der Waals surface area contributed by atoms with Gasteiger partial charge in [0.25, 0.3) is 17.7 Å². The van der Waals surface area contributed by atoms with Crippen LogP contribution in [0.2, 0.25) is 0 Å². The van der Waals surface area contributed by atoms with Gasteiger partial charge in [0.15, 0.2) is 5.13 Å². The third-order valence-electron chi connectivity index (χ3n) is 5.42. The molecule has 200 valence electrons. The van der Waals surface area contributed by atoms with Gasteiger partial charge in [0, 0.05) is 11.3 Å². The summed E-state index contributed by atoms with van der Waals surface area (Å²) in [4.78, 5) is 68.0. The minimum Gasteiger partial charge on any atom is -0.465 e. The number of ether oxygens (including phenoxy) is 2. The zero-order valence-corrected chi connectivity index (χ0v) is 22.4. The second-order valence-electron chi connectivity index (χ2n) is 7.99. The third-order valence-corrected chi connectivity index (χ3v) is 6.83. The van der Waals surface area contributed by atoms with E-state index in [2.05, 4.69) is 15.6 Å². The fraction of sp³-hybridized carbons (Fsp3) is 0.154. The van der Waals surface area contributed by atoms with E-state index >= 15 is 0 Å². The molecule has 13 heteroatoms. The Morgan fingerprint density at radius 3 is 2.46 bits per heavy atom. The Hall–Kier alpha value is -4.55. The zero-order chi connectivity index (χ0) is 28.3. The van der Waals surface area contributed by atoms with Gasteiger partial charge in [0.1, 0.15) is 15.6 Å². The van der Waals surface area contributed by atoms with Crippen LogP contribution in [0.5, 0.6) is 0 Å². The molecule has 2 aromatic carbocycles. The summed E-state index contributed by atoms with van der Waals surface area (Å²) in [6.07, 6.45) is 0. The first-order valence-corrected chi connectivity index (χ1v) is 12.6. The number of benzene rings is 2. The van der Waals surface area contributed by atoms with Crippen LogP contribution < -0.4 is 15.5 Å². The van der Waals surface area contributed by atoms with Gasteiger partial charge >= 0.3 is 11.9 Å². The minimum absolute atomic E-state index is 0.136. The molecule has 0 spiro atoms. The van der Waals surface area contributed by atoms with Crippen molar-refractivity contribution >= 4 is 69.1 Å². The first kappa shape index (κ1) is 27.5. The summed E-state index contributed by atoms with van der Waals surface area (Å²) in [5.74, 6) is -3.19. The van der Waals surface area contributed by atoms with E-state index in [-0.39, 0.29) is 44.2 Å². The van der Waals surface area contributed by atoms with Gasteiger partial charge in [0.05, 0.1) is 30.7 Å². The van der Waals surface area contributed by atoms with Crippen LogP contribution in [0.3, 0.4) is 0 Å². The number of hydrogen-bond acceptors (Lipinski definition) is 10. The highest BCUT2D eigenvalue weighted by atomic mass is 35.5. The van der Waals surface area contributed by atoms with Gasteiger partial charge in [-0.2, -0.15) is 0 Å². The molecule has 1 aliphatic heterocycles. The van der Waals surface area contributed by atoms with Crippen molar-refractivity contribution in [3.63, 3.8) is 0 Å². The van der Waals surface area contributed by atoms with E-state index in [1.54, 1.807) is 26.0 Å². The van der Waals surface area contributed by atoms with Crippen LogP contribution in [0.15, 0.2) is 59.3 Å². The number of rotatable bonds is 8. The molecule has 1 aromatic heterocycles. The highest BCUT2D eigenvalue weighted by molar-refractivity contribution is 7.17. The van der Waals surface area contributed by atoms with Gasteiger partial charge in [-0.15, -0.1) is 0 Å². The molecule has 3 amide bonds. The summed E-state index contributed by atoms with van der Waals surface area (Å²) in [5, 5.41) is 5.30. The Morgan fingerprint density at radius 2 is 1.74 bits per heavy atom. The molecule has 0 bridgehead atoms. The van der Waals surface area contributed by atoms with Crippen molar-refractivity contribution in [1.29, 1.82) is 0 Å². The lowest BCUT2D eigenvalue weighted by atomic mass is 10.2. The summed E-state index contributed by atoms with van der Waals surface area (Å²) >= 11 is 7.20. The van der Waals surface area contributed by atoms with E-state index in [4.69, 9.17) is 21.1 Å². The van der Waals surface area contributed by atoms with Gasteiger partial charge < -0.3 is 14.8 Å².